The van der Waals surface area contributed by atoms with Crippen LogP contribution >= 0.6 is 0 Å². The van der Waals surface area contributed by atoms with Crippen LogP contribution in [0.1, 0.15) is 35.8 Å². The van der Waals surface area contributed by atoms with Crippen LogP contribution in [-0.2, 0) is 11.2 Å². The molecule has 0 spiro atoms. The van der Waals surface area contributed by atoms with Crippen LogP contribution in [0.15, 0.2) is 12.1 Å². The topological polar surface area (TPSA) is 68.5 Å². The van der Waals surface area contributed by atoms with Gasteiger partial charge >= 0.3 is 0 Å². The second-order valence-electron chi connectivity index (χ2n) is 4.88. The van der Waals surface area contributed by atoms with Crippen molar-refractivity contribution in [1.29, 1.82) is 0 Å². The van der Waals surface area contributed by atoms with Gasteiger partial charge in [0.2, 0.25) is 0 Å². The van der Waals surface area contributed by atoms with E-state index in [0.29, 0.717) is 17.9 Å². The molecule has 2 heterocycles. The van der Waals surface area contributed by atoms with Crippen molar-refractivity contribution in [1.82, 2.24) is 9.88 Å². The van der Waals surface area contributed by atoms with Gasteiger partial charge in [-0.05, 0) is 31.4 Å². The lowest BCUT2D eigenvalue weighted by molar-refractivity contribution is 0.0269. The van der Waals surface area contributed by atoms with Gasteiger partial charge in [0.25, 0.3) is 5.91 Å². The van der Waals surface area contributed by atoms with Gasteiger partial charge in [0.15, 0.2) is 0 Å². The minimum atomic E-state index is 0.0190. The van der Waals surface area contributed by atoms with Crippen LogP contribution in [0.25, 0.3) is 0 Å². The number of amides is 1. The van der Waals surface area contributed by atoms with E-state index in [1.807, 2.05) is 17.9 Å². The molecule has 0 aliphatic carbocycles. The molecule has 1 saturated heterocycles. The highest BCUT2D eigenvalue weighted by Crippen LogP contribution is 2.17. The van der Waals surface area contributed by atoms with Crippen molar-refractivity contribution in [3.8, 4) is 0 Å². The Bertz CT molecular complexity index is 462. The lowest BCUT2D eigenvalue weighted by Gasteiger charge is -2.32. The molecule has 1 aliphatic rings. The number of likely N-dealkylation sites (tertiary alicyclic amines) is 1. The third kappa shape index (κ3) is 3.23. The first-order chi connectivity index (χ1) is 9.13. The van der Waals surface area contributed by atoms with Gasteiger partial charge in [-0.25, -0.2) is 4.98 Å². The summed E-state index contributed by atoms with van der Waals surface area (Å²) in [5, 5.41) is 0. The molecule has 1 aromatic rings. The summed E-state index contributed by atoms with van der Waals surface area (Å²) >= 11 is 0. The summed E-state index contributed by atoms with van der Waals surface area (Å²) in [6, 6.07) is 3.48. The number of aryl methyl sites for hydroxylation is 1. The molecule has 1 unspecified atom stereocenters. The molecule has 1 amide bonds. The molecule has 1 atom stereocenters. The zero-order chi connectivity index (χ0) is 13.8. The Morgan fingerprint density at radius 2 is 2.37 bits per heavy atom. The van der Waals surface area contributed by atoms with Crippen LogP contribution in [0, 0.1) is 0 Å². The normalized spacial score (nSPS) is 19.5. The van der Waals surface area contributed by atoms with E-state index in [-0.39, 0.29) is 12.0 Å². The van der Waals surface area contributed by atoms with Gasteiger partial charge in [0.05, 0.1) is 6.10 Å². The van der Waals surface area contributed by atoms with Gasteiger partial charge in [-0.3, -0.25) is 4.79 Å². The number of piperidine rings is 1. The van der Waals surface area contributed by atoms with Crippen LogP contribution in [0.5, 0.6) is 0 Å². The molecule has 0 aromatic carbocycles. The van der Waals surface area contributed by atoms with E-state index in [9.17, 15) is 4.79 Å². The van der Waals surface area contributed by atoms with Gasteiger partial charge < -0.3 is 15.4 Å². The van der Waals surface area contributed by atoms with E-state index < -0.39 is 0 Å². The fraction of sp³-hybridized carbons (Fsp3) is 0.571. The Labute approximate surface area is 113 Å². The molecule has 0 saturated carbocycles. The van der Waals surface area contributed by atoms with Crippen LogP contribution in [0.2, 0.25) is 0 Å². The fourth-order valence-electron chi connectivity index (χ4n) is 2.41. The lowest BCUT2D eigenvalue weighted by atomic mass is 10.1. The number of carbonyl (C=O) groups is 1. The summed E-state index contributed by atoms with van der Waals surface area (Å²) in [7, 11) is 1.69. The Balaban J connectivity index is 2.16. The van der Waals surface area contributed by atoms with Crippen LogP contribution in [-0.4, -0.2) is 42.1 Å². The van der Waals surface area contributed by atoms with Crippen molar-refractivity contribution in [3.05, 3.63) is 23.4 Å². The number of nitrogen functional groups attached to an aromatic ring is 1. The minimum absolute atomic E-state index is 0.0190. The molecular weight excluding hydrogens is 242 g/mol. The first-order valence-electron chi connectivity index (χ1n) is 6.72. The van der Waals surface area contributed by atoms with E-state index in [0.717, 1.165) is 31.5 Å². The lowest BCUT2D eigenvalue weighted by Crippen LogP contribution is -2.42. The number of ether oxygens (including phenoxy) is 1. The monoisotopic (exact) mass is 263 g/mol. The standard InChI is InChI=1S/C14H21N3O2/c1-3-11-7-10(8-13(15)16-11)14(18)17-6-4-5-12(9-17)19-2/h7-8,12H,3-6,9H2,1-2H3,(H2,15,16). The Hall–Kier alpha value is -1.62. The first kappa shape index (κ1) is 13.8. The summed E-state index contributed by atoms with van der Waals surface area (Å²) in [5.74, 6) is 0.425. The molecule has 2 N–H and O–H groups in total. The van der Waals surface area contributed by atoms with Crippen molar-refractivity contribution < 1.29 is 9.53 Å². The fourth-order valence-corrected chi connectivity index (χ4v) is 2.41. The molecule has 5 nitrogen and oxygen atoms in total. The Kier molecular flexibility index (Phi) is 4.37. The number of hydrogen-bond donors (Lipinski definition) is 1. The maximum atomic E-state index is 12.5. The predicted octanol–water partition coefficient (Wildman–Crippen LogP) is 1.48. The number of aromatic nitrogens is 1. The number of anilines is 1. The van der Waals surface area contributed by atoms with E-state index in [1.165, 1.54) is 0 Å². The first-order valence-corrected chi connectivity index (χ1v) is 6.72. The zero-order valence-electron chi connectivity index (χ0n) is 11.6. The molecule has 2 rings (SSSR count). The molecule has 0 bridgehead atoms. The highest BCUT2D eigenvalue weighted by molar-refractivity contribution is 5.95. The maximum Gasteiger partial charge on any atom is 0.254 e. The zero-order valence-corrected chi connectivity index (χ0v) is 11.6. The van der Waals surface area contributed by atoms with Crippen molar-refractivity contribution in [2.75, 3.05) is 25.9 Å². The highest BCUT2D eigenvalue weighted by Gasteiger charge is 2.24. The quantitative estimate of drug-likeness (QED) is 0.896. The summed E-state index contributed by atoms with van der Waals surface area (Å²) in [4.78, 5) is 18.5. The smallest absolute Gasteiger partial charge is 0.254 e. The van der Waals surface area contributed by atoms with Gasteiger partial charge in [0, 0.05) is 31.5 Å². The van der Waals surface area contributed by atoms with Crippen LogP contribution in [0.4, 0.5) is 5.82 Å². The molecule has 1 aromatic heterocycles. The largest absolute Gasteiger partial charge is 0.384 e. The average Bonchev–Trinajstić information content (AvgIpc) is 2.45. The summed E-state index contributed by atoms with van der Waals surface area (Å²) in [6.07, 6.45) is 2.90. The summed E-state index contributed by atoms with van der Waals surface area (Å²) in [5.41, 5.74) is 7.23. The SMILES string of the molecule is CCc1cc(C(=O)N2CCCC(OC)C2)cc(N)n1. The third-order valence-corrected chi connectivity index (χ3v) is 3.51. The summed E-state index contributed by atoms with van der Waals surface area (Å²) < 4.78 is 5.35. The van der Waals surface area contributed by atoms with E-state index in [4.69, 9.17) is 10.5 Å². The number of carbonyl (C=O) groups excluding carboxylic acids is 1. The van der Waals surface area contributed by atoms with E-state index >= 15 is 0 Å². The number of methoxy groups -OCH3 is 1. The number of rotatable bonds is 3. The van der Waals surface area contributed by atoms with Gasteiger partial charge in [-0.2, -0.15) is 0 Å². The minimum Gasteiger partial charge on any atom is -0.384 e. The Morgan fingerprint density at radius 1 is 1.58 bits per heavy atom. The number of pyridine rings is 1. The van der Waals surface area contributed by atoms with Crippen molar-refractivity contribution in [2.45, 2.75) is 32.3 Å². The molecule has 5 heteroatoms. The number of hydrogen-bond acceptors (Lipinski definition) is 4. The second-order valence-corrected chi connectivity index (χ2v) is 4.88. The van der Waals surface area contributed by atoms with Crippen LogP contribution < -0.4 is 5.73 Å². The van der Waals surface area contributed by atoms with Gasteiger partial charge in [-0.1, -0.05) is 6.92 Å². The van der Waals surface area contributed by atoms with Crippen LogP contribution in [0.3, 0.4) is 0 Å². The number of nitrogens with two attached hydrogens (primary N) is 1. The second kappa shape index (κ2) is 6.02. The average molecular weight is 263 g/mol. The molecule has 104 valence electrons. The van der Waals surface area contributed by atoms with Crippen molar-refractivity contribution >= 4 is 11.7 Å². The van der Waals surface area contributed by atoms with E-state index in [1.54, 1.807) is 13.2 Å². The molecular formula is C14H21N3O2. The van der Waals surface area contributed by atoms with Crippen molar-refractivity contribution in [3.63, 3.8) is 0 Å². The van der Waals surface area contributed by atoms with Gasteiger partial charge in [-0.15, -0.1) is 0 Å². The third-order valence-electron chi connectivity index (χ3n) is 3.51. The molecule has 1 aliphatic heterocycles. The summed E-state index contributed by atoms with van der Waals surface area (Å²) in [6.45, 7) is 3.43. The van der Waals surface area contributed by atoms with Gasteiger partial charge in [0.1, 0.15) is 5.82 Å². The van der Waals surface area contributed by atoms with Crippen molar-refractivity contribution in [2.24, 2.45) is 0 Å². The van der Waals surface area contributed by atoms with E-state index in [2.05, 4.69) is 4.98 Å². The maximum absolute atomic E-state index is 12.5. The number of nitrogens with zero attached hydrogens (tertiary/aromatic N) is 2. The molecule has 19 heavy (non-hydrogen) atoms. The highest BCUT2D eigenvalue weighted by atomic mass is 16.5. The molecule has 1 fully saturated rings. The predicted molar refractivity (Wildman–Crippen MR) is 74.0 cm³/mol. The molecule has 0 radical (unpaired) electrons. The Morgan fingerprint density at radius 3 is 3.05 bits per heavy atom.